The molecule has 0 aliphatic heterocycles. The highest BCUT2D eigenvalue weighted by Crippen LogP contribution is 2.33. The SMILES string of the molecule is CCC(C)C(O)CNC(C)CC1CC1. The molecule has 0 heterocycles. The molecule has 1 aliphatic rings. The van der Waals surface area contributed by atoms with Crippen molar-refractivity contribution in [3.8, 4) is 0 Å². The van der Waals surface area contributed by atoms with Crippen molar-refractivity contribution >= 4 is 0 Å². The van der Waals surface area contributed by atoms with Gasteiger partial charge in [-0.25, -0.2) is 0 Å². The topological polar surface area (TPSA) is 32.3 Å². The third-order valence-corrected chi connectivity index (χ3v) is 3.36. The summed E-state index contributed by atoms with van der Waals surface area (Å²) in [6.07, 6.45) is 4.99. The highest BCUT2D eigenvalue weighted by atomic mass is 16.3. The van der Waals surface area contributed by atoms with E-state index in [-0.39, 0.29) is 6.10 Å². The van der Waals surface area contributed by atoms with Crippen LogP contribution in [0.25, 0.3) is 0 Å². The van der Waals surface area contributed by atoms with Crippen molar-refractivity contribution in [2.24, 2.45) is 11.8 Å². The quantitative estimate of drug-likeness (QED) is 0.658. The largest absolute Gasteiger partial charge is 0.392 e. The van der Waals surface area contributed by atoms with Crippen LogP contribution in [-0.2, 0) is 0 Å². The molecule has 0 aromatic heterocycles. The Labute approximate surface area is 88.1 Å². The van der Waals surface area contributed by atoms with Crippen molar-refractivity contribution in [2.45, 2.75) is 58.6 Å². The summed E-state index contributed by atoms with van der Waals surface area (Å²) in [6, 6.07) is 0.571. The van der Waals surface area contributed by atoms with Gasteiger partial charge in [-0.15, -0.1) is 0 Å². The summed E-state index contributed by atoms with van der Waals surface area (Å²) in [7, 11) is 0. The molecule has 84 valence electrons. The predicted molar refractivity (Wildman–Crippen MR) is 60.3 cm³/mol. The first-order valence-corrected chi connectivity index (χ1v) is 6.05. The van der Waals surface area contributed by atoms with E-state index in [0.29, 0.717) is 12.0 Å². The van der Waals surface area contributed by atoms with Gasteiger partial charge < -0.3 is 10.4 Å². The lowest BCUT2D eigenvalue weighted by Gasteiger charge is -2.20. The van der Waals surface area contributed by atoms with Gasteiger partial charge in [0.15, 0.2) is 0 Å². The summed E-state index contributed by atoms with van der Waals surface area (Å²) in [4.78, 5) is 0. The van der Waals surface area contributed by atoms with Crippen LogP contribution >= 0.6 is 0 Å². The first-order valence-electron chi connectivity index (χ1n) is 6.05. The number of aliphatic hydroxyl groups excluding tert-OH is 1. The molecule has 1 rings (SSSR count). The fourth-order valence-electron chi connectivity index (χ4n) is 1.73. The van der Waals surface area contributed by atoms with Gasteiger partial charge in [-0.2, -0.15) is 0 Å². The maximum absolute atomic E-state index is 9.75. The van der Waals surface area contributed by atoms with Crippen LogP contribution in [0.1, 0.15) is 46.5 Å². The summed E-state index contributed by atoms with van der Waals surface area (Å²) in [5, 5.41) is 13.2. The van der Waals surface area contributed by atoms with Gasteiger partial charge in [0, 0.05) is 12.6 Å². The van der Waals surface area contributed by atoms with Crippen molar-refractivity contribution in [3.05, 3.63) is 0 Å². The smallest absolute Gasteiger partial charge is 0.0690 e. The van der Waals surface area contributed by atoms with Gasteiger partial charge in [-0.3, -0.25) is 0 Å². The Kier molecular flexibility index (Phi) is 4.90. The second-order valence-corrected chi connectivity index (χ2v) is 4.94. The first kappa shape index (κ1) is 12.0. The summed E-state index contributed by atoms with van der Waals surface area (Å²) in [5.74, 6) is 1.38. The molecule has 1 fully saturated rings. The molecular weight excluding hydrogens is 174 g/mol. The fraction of sp³-hybridized carbons (Fsp3) is 1.00. The molecule has 1 saturated carbocycles. The molecule has 0 spiro atoms. The average Bonchev–Trinajstić information content (AvgIpc) is 2.96. The van der Waals surface area contributed by atoms with Crippen LogP contribution in [0.4, 0.5) is 0 Å². The molecule has 3 atom stereocenters. The van der Waals surface area contributed by atoms with Crippen LogP contribution in [0.15, 0.2) is 0 Å². The minimum atomic E-state index is -0.179. The van der Waals surface area contributed by atoms with Crippen molar-refractivity contribution < 1.29 is 5.11 Å². The Bertz CT molecular complexity index is 156. The summed E-state index contributed by atoms with van der Waals surface area (Å²) in [6.45, 7) is 7.21. The summed E-state index contributed by atoms with van der Waals surface area (Å²) >= 11 is 0. The van der Waals surface area contributed by atoms with E-state index in [1.54, 1.807) is 0 Å². The van der Waals surface area contributed by atoms with Crippen LogP contribution < -0.4 is 5.32 Å². The van der Waals surface area contributed by atoms with Crippen LogP contribution in [0.2, 0.25) is 0 Å². The van der Waals surface area contributed by atoms with Crippen LogP contribution in [0.5, 0.6) is 0 Å². The second-order valence-electron chi connectivity index (χ2n) is 4.94. The average molecular weight is 199 g/mol. The van der Waals surface area contributed by atoms with Gasteiger partial charge in [0.25, 0.3) is 0 Å². The number of rotatable bonds is 7. The minimum Gasteiger partial charge on any atom is -0.392 e. The van der Waals surface area contributed by atoms with Crippen LogP contribution in [0, 0.1) is 11.8 Å². The highest BCUT2D eigenvalue weighted by Gasteiger charge is 2.23. The number of hydrogen-bond acceptors (Lipinski definition) is 2. The molecule has 1 aliphatic carbocycles. The molecule has 3 unspecified atom stereocenters. The van der Waals surface area contributed by atoms with Gasteiger partial charge in [-0.05, 0) is 25.2 Å². The molecule has 0 aromatic carbocycles. The van der Waals surface area contributed by atoms with E-state index in [4.69, 9.17) is 0 Å². The fourth-order valence-corrected chi connectivity index (χ4v) is 1.73. The third kappa shape index (κ3) is 4.43. The summed E-state index contributed by atoms with van der Waals surface area (Å²) in [5.41, 5.74) is 0. The van der Waals surface area contributed by atoms with Crippen molar-refractivity contribution in [2.75, 3.05) is 6.54 Å². The molecular formula is C12H25NO. The van der Waals surface area contributed by atoms with Gasteiger partial charge in [0.05, 0.1) is 6.10 Å². The van der Waals surface area contributed by atoms with E-state index in [9.17, 15) is 5.11 Å². The van der Waals surface area contributed by atoms with Crippen LogP contribution in [-0.4, -0.2) is 23.8 Å². The summed E-state index contributed by atoms with van der Waals surface area (Å²) < 4.78 is 0. The zero-order valence-corrected chi connectivity index (χ0v) is 9.79. The lowest BCUT2D eigenvalue weighted by atomic mass is 10.0. The first-order chi connectivity index (χ1) is 6.63. The molecule has 14 heavy (non-hydrogen) atoms. The van der Waals surface area contributed by atoms with Gasteiger partial charge >= 0.3 is 0 Å². The molecule has 0 saturated heterocycles. The van der Waals surface area contributed by atoms with E-state index >= 15 is 0 Å². The maximum atomic E-state index is 9.75. The van der Waals surface area contributed by atoms with Gasteiger partial charge in [-0.1, -0.05) is 33.1 Å². The Morgan fingerprint density at radius 1 is 1.36 bits per heavy atom. The molecule has 2 N–H and O–H groups in total. The molecule has 0 radical (unpaired) electrons. The van der Waals surface area contributed by atoms with Crippen LogP contribution in [0.3, 0.4) is 0 Å². The molecule has 0 bridgehead atoms. The monoisotopic (exact) mass is 199 g/mol. The predicted octanol–water partition coefficient (Wildman–Crippen LogP) is 2.17. The molecule has 0 aromatic rings. The van der Waals surface area contributed by atoms with Gasteiger partial charge in [0.1, 0.15) is 0 Å². The lowest BCUT2D eigenvalue weighted by molar-refractivity contribution is 0.109. The van der Waals surface area contributed by atoms with E-state index in [1.807, 2.05) is 0 Å². The molecule has 2 heteroatoms. The Balaban J connectivity index is 2.05. The Hall–Kier alpha value is -0.0800. The van der Waals surface area contributed by atoms with E-state index in [1.165, 1.54) is 19.3 Å². The molecule has 2 nitrogen and oxygen atoms in total. The number of hydrogen-bond donors (Lipinski definition) is 2. The maximum Gasteiger partial charge on any atom is 0.0690 e. The van der Waals surface area contributed by atoms with E-state index < -0.39 is 0 Å². The minimum absolute atomic E-state index is 0.179. The Morgan fingerprint density at radius 3 is 2.50 bits per heavy atom. The van der Waals surface area contributed by atoms with E-state index in [0.717, 1.165) is 18.9 Å². The van der Waals surface area contributed by atoms with Gasteiger partial charge in [0.2, 0.25) is 0 Å². The van der Waals surface area contributed by atoms with Crippen molar-refractivity contribution in [3.63, 3.8) is 0 Å². The lowest BCUT2D eigenvalue weighted by Crippen LogP contribution is -2.36. The second kappa shape index (κ2) is 5.72. The number of aliphatic hydroxyl groups is 1. The number of nitrogens with one attached hydrogen (secondary N) is 1. The zero-order chi connectivity index (χ0) is 10.6. The van der Waals surface area contributed by atoms with E-state index in [2.05, 4.69) is 26.1 Å². The van der Waals surface area contributed by atoms with Crippen molar-refractivity contribution in [1.82, 2.24) is 5.32 Å². The third-order valence-electron chi connectivity index (χ3n) is 3.36. The Morgan fingerprint density at radius 2 is 2.00 bits per heavy atom. The molecule has 0 amide bonds. The standard InChI is InChI=1S/C12H25NO/c1-4-9(2)12(14)8-13-10(3)7-11-5-6-11/h9-14H,4-8H2,1-3H3. The normalized spacial score (nSPS) is 23.1. The van der Waals surface area contributed by atoms with Crippen molar-refractivity contribution in [1.29, 1.82) is 0 Å². The zero-order valence-electron chi connectivity index (χ0n) is 9.79. The highest BCUT2D eigenvalue weighted by molar-refractivity contribution is 4.78.